The minimum atomic E-state index is 0.295. The molecule has 118 valence electrons. The van der Waals surface area contributed by atoms with E-state index in [-0.39, 0.29) is 0 Å². The number of nitrogens with zero attached hydrogens (tertiary/aromatic N) is 2. The summed E-state index contributed by atoms with van der Waals surface area (Å²) in [5, 5.41) is 1.92. The molecule has 0 atom stereocenters. The van der Waals surface area contributed by atoms with Crippen molar-refractivity contribution in [3.8, 4) is 0 Å². The lowest BCUT2D eigenvalue weighted by Crippen LogP contribution is -2.38. The van der Waals surface area contributed by atoms with Crippen LogP contribution in [0.4, 0.5) is 0 Å². The predicted molar refractivity (Wildman–Crippen MR) is 96.2 cm³/mol. The zero-order valence-corrected chi connectivity index (χ0v) is 14.9. The van der Waals surface area contributed by atoms with E-state index in [9.17, 15) is 4.79 Å². The SMILES string of the molecule is CSCCC(=O)N1CCC(c2nc3cc(Cl)ccc3s2)CC1. The highest BCUT2D eigenvalue weighted by Gasteiger charge is 2.25. The molecule has 0 radical (unpaired) electrons. The van der Waals surface area contributed by atoms with Gasteiger partial charge in [0.2, 0.25) is 5.91 Å². The zero-order chi connectivity index (χ0) is 15.5. The lowest BCUT2D eigenvalue weighted by molar-refractivity contribution is -0.131. The first-order valence-corrected chi connectivity index (χ1v) is 10.1. The van der Waals surface area contributed by atoms with Crippen LogP contribution in [0.1, 0.15) is 30.2 Å². The van der Waals surface area contributed by atoms with Crippen LogP contribution < -0.4 is 0 Å². The van der Waals surface area contributed by atoms with Crippen LogP contribution in [0.25, 0.3) is 10.2 Å². The van der Waals surface area contributed by atoms with Crippen LogP contribution in [-0.2, 0) is 4.79 Å². The van der Waals surface area contributed by atoms with Crippen LogP contribution in [0.15, 0.2) is 18.2 Å². The van der Waals surface area contributed by atoms with Crippen molar-refractivity contribution in [1.29, 1.82) is 0 Å². The van der Waals surface area contributed by atoms with E-state index in [1.54, 1.807) is 23.1 Å². The Kier molecular flexibility index (Phi) is 5.26. The summed E-state index contributed by atoms with van der Waals surface area (Å²) in [6.45, 7) is 1.71. The topological polar surface area (TPSA) is 33.2 Å². The third-order valence-electron chi connectivity index (χ3n) is 4.08. The number of thiazole rings is 1. The fraction of sp³-hybridized carbons (Fsp3) is 0.500. The Morgan fingerprint density at radius 3 is 2.95 bits per heavy atom. The van der Waals surface area contributed by atoms with E-state index in [0.717, 1.165) is 42.2 Å². The van der Waals surface area contributed by atoms with Gasteiger partial charge in [0.15, 0.2) is 0 Å². The van der Waals surface area contributed by atoms with Gasteiger partial charge in [-0.25, -0.2) is 4.98 Å². The number of hydrogen-bond acceptors (Lipinski definition) is 4. The molecule has 0 bridgehead atoms. The van der Waals surface area contributed by atoms with Gasteiger partial charge >= 0.3 is 0 Å². The number of benzene rings is 1. The van der Waals surface area contributed by atoms with Crippen molar-refractivity contribution in [1.82, 2.24) is 9.88 Å². The van der Waals surface area contributed by atoms with Crippen LogP contribution in [0.2, 0.25) is 5.02 Å². The van der Waals surface area contributed by atoms with Gasteiger partial charge in [-0.2, -0.15) is 11.8 Å². The number of amides is 1. The number of halogens is 1. The lowest BCUT2D eigenvalue weighted by Gasteiger charge is -2.31. The molecule has 1 aliphatic rings. The highest BCUT2D eigenvalue weighted by atomic mass is 35.5. The van der Waals surface area contributed by atoms with Crippen molar-refractivity contribution >= 4 is 50.8 Å². The zero-order valence-electron chi connectivity index (χ0n) is 12.5. The van der Waals surface area contributed by atoms with Crippen molar-refractivity contribution in [3.05, 3.63) is 28.2 Å². The fourth-order valence-electron chi connectivity index (χ4n) is 2.82. The molecule has 0 unspecified atom stereocenters. The molecule has 1 saturated heterocycles. The Balaban J connectivity index is 1.64. The first-order chi connectivity index (χ1) is 10.7. The van der Waals surface area contributed by atoms with Crippen molar-refractivity contribution in [2.75, 3.05) is 25.1 Å². The molecule has 1 aromatic heterocycles. The van der Waals surface area contributed by atoms with Crippen molar-refractivity contribution in [2.24, 2.45) is 0 Å². The maximum absolute atomic E-state index is 12.1. The number of rotatable bonds is 4. The second-order valence-corrected chi connectivity index (χ2v) is 8.05. The van der Waals surface area contributed by atoms with E-state index in [2.05, 4.69) is 0 Å². The van der Waals surface area contributed by atoms with Gasteiger partial charge in [-0.3, -0.25) is 4.79 Å². The van der Waals surface area contributed by atoms with Crippen LogP contribution >= 0.6 is 34.7 Å². The molecule has 2 heterocycles. The van der Waals surface area contributed by atoms with Crippen molar-refractivity contribution < 1.29 is 4.79 Å². The maximum Gasteiger partial charge on any atom is 0.223 e. The Morgan fingerprint density at radius 1 is 1.45 bits per heavy atom. The molecule has 1 amide bonds. The van der Waals surface area contributed by atoms with Gasteiger partial charge in [0.25, 0.3) is 0 Å². The Hall–Kier alpha value is -0.780. The summed E-state index contributed by atoms with van der Waals surface area (Å²) < 4.78 is 1.19. The summed E-state index contributed by atoms with van der Waals surface area (Å²) in [4.78, 5) is 18.8. The van der Waals surface area contributed by atoms with Gasteiger partial charge in [-0.1, -0.05) is 11.6 Å². The molecular formula is C16H19ClN2OS2. The Labute approximate surface area is 144 Å². The molecule has 1 aromatic carbocycles. The van der Waals surface area contributed by atoms with Gasteiger partial charge in [0.1, 0.15) is 0 Å². The number of carbonyl (C=O) groups is 1. The largest absolute Gasteiger partial charge is 0.343 e. The van der Waals surface area contributed by atoms with Crippen LogP contribution in [0, 0.1) is 0 Å². The Bertz CT molecular complexity index is 665. The van der Waals surface area contributed by atoms with Gasteiger partial charge in [-0.05, 0) is 37.3 Å². The van der Waals surface area contributed by atoms with Crippen LogP contribution in [0.3, 0.4) is 0 Å². The highest BCUT2D eigenvalue weighted by Crippen LogP contribution is 2.34. The smallest absolute Gasteiger partial charge is 0.223 e. The second-order valence-electron chi connectivity index (χ2n) is 5.56. The summed E-state index contributed by atoms with van der Waals surface area (Å²) in [6.07, 6.45) is 4.72. The highest BCUT2D eigenvalue weighted by molar-refractivity contribution is 7.98. The predicted octanol–water partition coefficient (Wildman–Crippen LogP) is 4.41. The van der Waals surface area contributed by atoms with Gasteiger partial charge in [-0.15, -0.1) is 11.3 Å². The summed E-state index contributed by atoms with van der Waals surface area (Å²) in [7, 11) is 0. The molecule has 0 spiro atoms. The molecule has 0 saturated carbocycles. The van der Waals surface area contributed by atoms with E-state index < -0.39 is 0 Å². The molecule has 22 heavy (non-hydrogen) atoms. The number of hydrogen-bond donors (Lipinski definition) is 0. The fourth-order valence-corrected chi connectivity index (χ4v) is 4.48. The number of fused-ring (bicyclic) bond motifs is 1. The minimum Gasteiger partial charge on any atom is -0.343 e. The molecule has 1 fully saturated rings. The monoisotopic (exact) mass is 354 g/mol. The van der Waals surface area contributed by atoms with E-state index in [1.165, 1.54) is 9.71 Å². The average Bonchev–Trinajstić information content (AvgIpc) is 2.95. The average molecular weight is 355 g/mol. The number of likely N-dealkylation sites (tertiary alicyclic amines) is 1. The standard InChI is InChI=1S/C16H19ClN2OS2/c1-21-9-6-15(20)19-7-4-11(5-8-19)16-18-13-10-12(17)2-3-14(13)22-16/h2-3,10-11H,4-9H2,1H3. The minimum absolute atomic E-state index is 0.295. The molecule has 0 aliphatic carbocycles. The first-order valence-electron chi connectivity index (χ1n) is 7.50. The molecule has 0 N–H and O–H groups in total. The first kappa shape index (κ1) is 16.1. The third-order valence-corrected chi connectivity index (χ3v) is 6.13. The van der Waals surface area contributed by atoms with E-state index >= 15 is 0 Å². The molecule has 1 aliphatic heterocycles. The third kappa shape index (κ3) is 3.58. The van der Waals surface area contributed by atoms with Crippen molar-refractivity contribution in [3.63, 3.8) is 0 Å². The molecule has 3 nitrogen and oxygen atoms in total. The normalized spacial score (nSPS) is 16.4. The van der Waals surface area contributed by atoms with Gasteiger partial charge in [0.05, 0.1) is 15.2 Å². The number of thioether (sulfide) groups is 1. The Morgan fingerprint density at radius 2 is 2.23 bits per heavy atom. The van der Waals surface area contributed by atoms with Crippen LogP contribution in [-0.4, -0.2) is 40.9 Å². The van der Waals surface area contributed by atoms with Crippen molar-refractivity contribution in [2.45, 2.75) is 25.2 Å². The van der Waals surface area contributed by atoms with E-state index in [4.69, 9.17) is 16.6 Å². The van der Waals surface area contributed by atoms with Gasteiger partial charge < -0.3 is 4.90 Å². The summed E-state index contributed by atoms with van der Waals surface area (Å²) in [6, 6.07) is 5.89. The second kappa shape index (κ2) is 7.20. The summed E-state index contributed by atoms with van der Waals surface area (Å²) in [5.74, 6) is 1.68. The molecule has 3 rings (SSSR count). The van der Waals surface area contributed by atoms with E-state index in [1.807, 2.05) is 29.4 Å². The van der Waals surface area contributed by atoms with Crippen LogP contribution in [0.5, 0.6) is 0 Å². The molecule has 2 aromatic rings. The summed E-state index contributed by atoms with van der Waals surface area (Å²) in [5.41, 5.74) is 0.992. The number of carbonyl (C=O) groups excluding carboxylic acids is 1. The quantitative estimate of drug-likeness (QED) is 0.815. The number of aromatic nitrogens is 1. The summed E-state index contributed by atoms with van der Waals surface area (Å²) >= 11 is 9.52. The number of piperidine rings is 1. The molecule has 6 heteroatoms. The molecular weight excluding hydrogens is 336 g/mol. The van der Waals surface area contributed by atoms with Gasteiger partial charge in [0, 0.05) is 36.2 Å². The lowest BCUT2D eigenvalue weighted by atomic mass is 9.97. The maximum atomic E-state index is 12.1. The van der Waals surface area contributed by atoms with E-state index in [0.29, 0.717) is 18.2 Å².